The second-order valence-corrected chi connectivity index (χ2v) is 5.29. The summed E-state index contributed by atoms with van der Waals surface area (Å²) >= 11 is 0. The van der Waals surface area contributed by atoms with Crippen LogP contribution in [0.4, 0.5) is 5.69 Å². The first kappa shape index (κ1) is 14.6. The highest BCUT2D eigenvalue weighted by Gasteiger charge is 2.23. The van der Waals surface area contributed by atoms with Crippen LogP contribution in [-0.4, -0.2) is 18.6 Å². The van der Waals surface area contributed by atoms with Gasteiger partial charge in [-0.1, -0.05) is 30.3 Å². The first-order valence-corrected chi connectivity index (χ1v) is 7.50. The summed E-state index contributed by atoms with van der Waals surface area (Å²) in [7, 11) is 0. The van der Waals surface area contributed by atoms with Gasteiger partial charge >= 0.3 is 0 Å². The minimum atomic E-state index is -0.311. The number of anilines is 1. The molecule has 2 aromatic carbocycles. The van der Waals surface area contributed by atoms with Gasteiger partial charge < -0.3 is 14.8 Å². The summed E-state index contributed by atoms with van der Waals surface area (Å²) in [5.41, 5.74) is 1.88. The molecule has 4 nitrogen and oxygen atoms in total. The van der Waals surface area contributed by atoms with Crippen LogP contribution in [0.3, 0.4) is 0 Å². The van der Waals surface area contributed by atoms with E-state index in [0.717, 1.165) is 29.8 Å². The Labute approximate surface area is 130 Å². The topological polar surface area (TPSA) is 47.6 Å². The molecule has 0 aliphatic carbocycles. The zero-order valence-electron chi connectivity index (χ0n) is 12.3. The highest BCUT2D eigenvalue weighted by Crippen LogP contribution is 2.19. The van der Waals surface area contributed by atoms with Gasteiger partial charge in [0, 0.05) is 12.3 Å². The Kier molecular flexibility index (Phi) is 4.71. The van der Waals surface area contributed by atoms with Gasteiger partial charge in [-0.3, -0.25) is 4.79 Å². The molecule has 1 amide bonds. The van der Waals surface area contributed by atoms with Crippen molar-refractivity contribution < 1.29 is 14.3 Å². The summed E-state index contributed by atoms with van der Waals surface area (Å²) < 4.78 is 11.1. The molecule has 1 atom stereocenters. The Balaban J connectivity index is 1.52. The molecule has 0 bridgehead atoms. The van der Waals surface area contributed by atoms with Gasteiger partial charge in [-0.05, 0) is 42.7 Å². The minimum absolute atomic E-state index is 0.0737. The van der Waals surface area contributed by atoms with Crippen molar-refractivity contribution in [3.8, 4) is 5.75 Å². The van der Waals surface area contributed by atoms with E-state index in [1.54, 1.807) is 0 Å². The van der Waals surface area contributed by atoms with Crippen molar-refractivity contribution in [2.45, 2.75) is 25.6 Å². The molecule has 0 spiro atoms. The van der Waals surface area contributed by atoms with E-state index < -0.39 is 0 Å². The van der Waals surface area contributed by atoms with E-state index in [0.29, 0.717) is 13.2 Å². The fourth-order valence-electron chi connectivity index (χ4n) is 2.38. The normalized spacial score (nSPS) is 17.2. The zero-order valence-corrected chi connectivity index (χ0v) is 12.3. The summed E-state index contributed by atoms with van der Waals surface area (Å²) in [6, 6.07) is 17.4. The molecule has 1 fully saturated rings. The lowest BCUT2D eigenvalue weighted by Crippen LogP contribution is -2.26. The predicted octanol–water partition coefficient (Wildman–Crippen LogP) is 3.38. The van der Waals surface area contributed by atoms with Crippen LogP contribution in [0.5, 0.6) is 5.75 Å². The van der Waals surface area contributed by atoms with Gasteiger partial charge in [0.1, 0.15) is 18.5 Å². The van der Waals surface area contributed by atoms with Gasteiger partial charge in [-0.2, -0.15) is 0 Å². The Hall–Kier alpha value is -2.33. The van der Waals surface area contributed by atoms with Crippen LogP contribution in [0.1, 0.15) is 18.4 Å². The molecule has 1 saturated heterocycles. The van der Waals surface area contributed by atoms with Crippen molar-refractivity contribution in [3.63, 3.8) is 0 Å². The molecule has 4 heteroatoms. The lowest BCUT2D eigenvalue weighted by atomic mass is 10.2. The zero-order chi connectivity index (χ0) is 15.2. The smallest absolute Gasteiger partial charge is 0.253 e. The van der Waals surface area contributed by atoms with Crippen molar-refractivity contribution in [3.05, 3.63) is 60.2 Å². The van der Waals surface area contributed by atoms with Crippen molar-refractivity contribution >= 4 is 11.6 Å². The van der Waals surface area contributed by atoms with Crippen LogP contribution in [-0.2, 0) is 16.1 Å². The highest BCUT2D eigenvalue weighted by molar-refractivity contribution is 5.94. The number of carbonyl (C=O) groups is 1. The maximum absolute atomic E-state index is 11.9. The summed E-state index contributed by atoms with van der Waals surface area (Å²) in [6.45, 7) is 1.20. The lowest BCUT2D eigenvalue weighted by Gasteiger charge is -2.11. The maximum atomic E-state index is 11.9. The molecular formula is C18H19NO3. The van der Waals surface area contributed by atoms with Crippen molar-refractivity contribution in [1.29, 1.82) is 0 Å². The summed E-state index contributed by atoms with van der Waals surface area (Å²) in [5.74, 6) is 0.703. The average Bonchev–Trinajstić information content (AvgIpc) is 3.10. The number of hydrogen-bond donors (Lipinski definition) is 1. The van der Waals surface area contributed by atoms with E-state index in [2.05, 4.69) is 5.32 Å². The minimum Gasteiger partial charge on any atom is -0.489 e. The summed E-state index contributed by atoms with van der Waals surface area (Å²) in [6.07, 6.45) is 1.43. The van der Waals surface area contributed by atoms with Gasteiger partial charge in [0.2, 0.25) is 0 Å². The maximum Gasteiger partial charge on any atom is 0.253 e. The van der Waals surface area contributed by atoms with E-state index in [9.17, 15) is 4.79 Å². The molecule has 1 N–H and O–H groups in total. The number of hydrogen-bond acceptors (Lipinski definition) is 3. The number of amides is 1. The van der Waals surface area contributed by atoms with Crippen LogP contribution in [0.25, 0.3) is 0 Å². The van der Waals surface area contributed by atoms with E-state index in [4.69, 9.17) is 9.47 Å². The largest absolute Gasteiger partial charge is 0.489 e. The van der Waals surface area contributed by atoms with E-state index in [1.807, 2.05) is 54.6 Å². The van der Waals surface area contributed by atoms with E-state index >= 15 is 0 Å². The number of benzene rings is 2. The molecule has 0 saturated carbocycles. The first-order chi connectivity index (χ1) is 10.8. The standard InChI is InChI=1S/C18H19NO3/c20-18(17-7-4-12-21-17)19-15-8-10-16(11-9-15)22-13-14-5-2-1-3-6-14/h1-3,5-6,8-11,17H,4,7,12-13H2,(H,19,20)/t17-/m1/s1. The molecular weight excluding hydrogens is 278 g/mol. The fraction of sp³-hybridized carbons (Fsp3) is 0.278. The van der Waals surface area contributed by atoms with Gasteiger partial charge in [-0.25, -0.2) is 0 Å². The van der Waals surface area contributed by atoms with Gasteiger partial charge in [0.05, 0.1) is 0 Å². The molecule has 0 radical (unpaired) electrons. The molecule has 22 heavy (non-hydrogen) atoms. The number of ether oxygens (including phenoxy) is 2. The Bertz CT molecular complexity index is 604. The molecule has 0 unspecified atom stereocenters. The van der Waals surface area contributed by atoms with Crippen molar-refractivity contribution in [2.24, 2.45) is 0 Å². The molecule has 3 rings (SSSR count). The monoisotopic (exact) mass is 297 g/mol. The Morgan fingerprint density at radius 1 is 1.14 bits per heavy atom. The highest BCUT2D eigenvalue weighted by atomic mass is 16.5. The Morgan fingerprint density at radius 2 is 1.91 bits per heavy atom. The molecule has 1 heterocycles. The third-order valence-corrected chi connectivity index (χ3v) is 3.59. The number of nitrogens with one attached hydrogen (secondary N) is 1. The quantitative estimate of drug-likeness (QED) is 0.920. The van der Waals surface area contributed by atoms with E-state index in [1.165, 1.54) is 0 Å². The van der Waals surface area contributed by atoms with Gasteiger partial charge in [0.25, 0.3) is 5.91 Å². The molecule has 114 valence electrons. The van der Waals surface area contributed by atoms with Gasteiger partial charge in [-0.15, -0.1) is 0 Å². The van der Waals surface area contributed by atoms with E-state index in [-0.39, 0.29) is 12.0 Å². The number of rotatable bonds is 5. The number of carbonyl (C=O) groups excluding carboxylic acids is 1. The Morgan fingerprint density at radius 3 is 2.59 bits per heavy atom. The molecule has 1 aliphatic heterocycles. The molecule has 0 aromatic heterocycles. The van der Waals surface area contributed by atoms with Crippen molar-refractivity contribution in [1.82, 2.24) is 0 Å². The second kappa shape index (κ2) is 7.09. The van der Waals surface area contributed by atoms with Crippen LogP contribution >= 0.6 is 0 Å². The average molecular weight is 297 g/mol. The van der Waals surface area contributed by atoms with Crippen LogP contribution in [0, 0.1) is 0 Å². The molecule has 1 aliphatic rings. The third-order valence-electron chi connectivity index (χ3n) is 3.59. The van der Waals surface area contributed by atoms with Crippen LogP contribution in [0.2, 0.25) is 0 Å². The third kappa shape index (κ3) is 3.86. The molecule has 2 aromatic rings. The fourth-order valence-corrected chi connectivity index (χ4v) is 2.38. The van der Waals surface area contributed by atoms with Crippen LogP contribution in [0.15, 0.2) is 54.6 Å². The lowest BCUT2D eigenvalue weighted by molar-refractivity contribution is -0.124. The first-order valence-electron chi connectivity index (χ1n) is 7.50. The van der Waals surface area contributed by atoms with Crippen molar-refractivity contribution in [2.75, 3.05) is 11.9 Å². The van der Waals surface area contributed by atoms with Gasteiger partial charge in [0.15, 0.2) is 0 Å². The second-order valence-electron chi connectivity index (χ2n) is 5.29. The summed E-state index contributed by atoms with van der Waals surface area (Å²) in [4.78, 5) is 11.9. The predicted molar refractivity (Wildman–Crippen MR) is 84.8 cm³/mol. The summed E-state index contributed by atoms with van der Waals surface area (Å²) in [5, 5.41) is 2.87. The SMILES string of the molecule is O=C(Nc1ccc(OCc2ccccc2)cc1)[C@H]1CCCO1. The van der Waals surface area contributed by atoms with Crippen LogP contribution < -0.4 is 10.1 Å².